The molecule has 2 aromatic rings. The number of halogens is 4. The predicted molar refractivity (Wildman–Crippen MR) is 85.6 cm³/mol. The number of benzene rings is 1. The molecule has 1 aliphatic heterocycles. The van der Waals surface area contributed by atoms with Gasteiger partial charge >= 0.3 is 6.18 Å². The van der Waals surface area contributed by atoms with Gasteiger partial charge in [0.1, 0.15) is 6.10 Å². The van der Waals surface area contributed by atoms with E-state index in [1.807, 2.05) is 0 Å². The summed E-state index contributed by atoms with van der Waals surface area (Å²) in [5.41, 5.74) is -0.354. The van der Waals surface area contributed by atoms with Gasteiger partial charge in [-0.05, 0) is 24.3 Å². The zero-order chi connectivity index (χ0) is 18.0. The van der Waals surface area contributed by atoms with Gasteiger partial charge in [0.15, 0.2) is 0 Å². The molecule has 1 aliphatic rings. The van der Waals surface area contributed by atoms with Crippen LogP contribution in [-0.4, -0.2) is 35.0 Å². The molecule has 25 heavy (non-hydrogen) atoms. The second-order valence-electron chi connectivity index (χ2n) is 5.67. The number of hydrogen-bond acceptors (Lipinski definition) is 3. The summed E-state index contributed by atoms with van der Waals surface area (Å²) >= 11 is 5.89. The van der Waals surface area contributed by atoms with Gasteiger partial charge in [0.2, 0.25) is 5.88 Å². The molecule has 1 saturated heterocycles. The quantitative estimate of drug-likeness (QED) is 0.818. The lowest BCUT2D eigenvalue weighted by atomic mass is 10.2. The van der Waals surface area contributed by atoms with Crippen LogP contribution in [-0.2, 0) is 6.18 Å². The Kier molecular flexibility index (Phi) is 4.85. The molecule has 3 rings (SSSR count). The third-order valence-electron chi connectivity index (χ3n) is 3.85. The highest BCUT2D eigenvalue weighted by Crippen LogP contribution is 2.31. The Morgan fingerprint density at radius 1 is 1.28 bits per heavy atom. The maximum atomic E-state index is 12.7. The maximum Gasteiger partial charge on any atom is 0.416 e. The lowest BCUT2D eigenvalue weighted by molar-refractivity contribution is -0.137. The molecule has 1 amide bonds. The number of nitrogens with zero attached hydrogens (tertiary/aromatic N) is 2. The fourth-order valence-corrected chi connectivity index (χ4v) is 2.82. The lowest BCUT2D eigenvalue weighted by Crippen LogP contribution is -2.31. The molecule has 0 spiro atoms. The molecule has 1 aromatic carbocycles. The highest BCUT2D eigenvalue weighted by Gasteiger charge is 2.32. The van der Waals surface area contributed by atoms with Crippen molar-refractivity contribution >= 4 is 17.5 Å². The second-order valence-corrected chi connectivity index (χ2v) is 6.11. The zero-order valence-electron chi connectivity index (χ0n) is 13.0. The topological polar surface area (TPSA) is 42.4 Å². The summed E-state index contributed by atoms with van der Waals surface area (Å²) in [6, 6.07) is 8.35. The first-order valence-corrected chi connectivity index (χ1v) is 7.95. The first-order valence-electron chi connectivity index (χ1n) is 7.57. The molecule has 1 fully saturated rings. The Morgan fingerprint density at radius 3 is 2.80 bits per heavy atom. The van der Waals surface area contributed by atoms with Crippen molar-refractivity contribution in [2.24, 2.45) is 0 Å². The monoisotopic (exact) mass is 370 g/mol. The largest absolute Gasteiger partial charge is 0.472 e. The van der Waals surface area contributed by atoms with Crippen molar-refractivity contribution in [1.29, 1.82) is 0 Å². The normalized spacial score (nSPS) is 17.6. The fraction of sp³-hybridized carbons (Fsp3) is 0.294. The number of rotatable bonds is 3. The molecule has 0 unspecified atom stereocenters. The Balaban J connectivity index is 1.65. The third-order valence-corrected chi connectivity index (χ3v) is 4.09. The van der Waals surface area contributed by atoms with E-state index in [-0.39, 0.29) is 18.3 Å². The molecule has 0 N–H and O–H groups in total. The van der Waals surface area contributed by atoms with Crippen LogP contribution in [0.15, 0.2) is 42.6 Å². The zero-order valence-corrected chi connectivity index (χ0v) is 13.7. The Labute approximate surface area is 147 Å². The van der Waals surface area contributed by atoms with Crippen molar-refractivity contribution in [2.45, 2.75) is 18.7 Å². The molecule has 0 saturated carbocycles. The number of carbonyl (C=O) groups is 1. The minimum absolute atomic E-state index is 0.100. The molecule has 132 valence electrons. The van der Waals surface area contributed by atoms with E-state index in [4.69, 9.17) is 16.3 Å². The molecule has 1 aromatic heterocycles. The van der Waals surface area contributed by atoms with Crippen LogP contribution in [0.25, 0.3) is 0 Å². The van der Waals surface area contributed by atoms with Gasteiger partial charge in [-0.2, -0.15) is 13.2 Å². The number of hydrogen-bond donors (Lipinski definition) is 0. The summed E-state index contributed by atoms with van der Waals surface area (Å²) in [5.74, 6) is -0.289. The van der Waals surface area contributed by atoms with Gasteiger partial charge in [-0.1, -0.05) is 17.7 Å². The molecule has 0 radical (unpaired) electrons. The van der Waals surface area contributed by atoms with Crippen molar-refractivity contribution in [2.75, 3.05) is 13.1 Å². The second kappa shape index (κ2) is 6.92. The average molecular weight is 371 g/mol. The number of aromatic nitrogens is 1. The lowest BCUT2D eigenvalue weighted by Gasteiger charge is -2.17. The van der Waals surface area contributed by atoms with Crippen molar-refractivity contribution in [1.82, 2.24) is 9.88 Å². The average Bonchev–Trinajstić information content (AvgIpc) is 3.02. The summed E-state index contributed by atoms with van der Waals surface area (Å²) in [5, 5.41) is 0.464. The van der Waals surface area contributed by atoms with Crippen LogP contribution >= 0.6 is 11.6 Å². The summed E-state index contributed by atoms with van der Waals surface area (Å²) < 4.78 is 43.7. The van der Waals surface area contributed by atoms with E-state index in [0.717, 1.165) is 18.3 Å². The first kappa shape index (κ1) is 17.5. The van der Waals surface area contributed by atoms with E-state index < -0.39 is 17.8 Å². The van der Waals surface area contributed by atoms with Gasteiger partial charge in [0.25, 0.3) is 5.91 Å². The van der Waals surface area contributed by atoms with Gasteiger partial charge in [-0.3, -0.25) is 4.79 Å². The molecular formula is C17H14ClF3N2O2. The summed E-state index contributed by atoms with van der Waals surface area (Å²) in [6.07, 6.45) is -3.28. The summed E-state index contributed by atoms with van der Waals surface area (Å²) in [7, 11) is 0. The number of pyridine rings is 1. The SMILES string of the molecule is O=C(c1cccc(Cl)c1)N1CC[C@@H](Oc2cc(C(F)(F)F)ccn2)C1. The number of carbonyl (C=O) groups excluding carboxylic acids is 1. The molecule has 0 aliphatic carbocycles. The number of amides is 1. The van der Waals surface area contributed by atoms with E-state index in [2.05, 4.69) is 4.98 Å². The van der Waals surface area contributed by atoms with Crippen LogP contribution in [0.4, 0.5) is 13.2 Å². The Hall–Kier alpha value is -2.28. The van der Waals surface area contributed by atoms with Crippen LogP contribution < -0.4 is 4.74 Å². The summed E-state index contributed by atoms with van der Waals surface area (Å²) in [4.78, 5) is 17.8. The Morgan fingerprint density at radius 2 is 2.08 bits per heavy atom. The summed E-state index contributed by atoms with van der Waals surface area (Å²) in [6.45, 7) is 0.734. The highest BCUT2D eigenvalue weighted by atomic mass is 35.5. The van der Waals surface area contributed by atoms with Gasteiger partial charge in [-0.15, -0.1) is 0 Å². The first-order chi connectivity index (χ1) is 11.8. The fourth-order valence-electron chi connectivity index (χ4n) is 2.63. The highest BCUT2D eigenvalue weighted by molar-refractivity contribution is 6.30. The van der Waals surface area contributed by atoms with Gasteiger partial charge < -0.3 is 9.64 Å². The van der Waals surface area contributed by atoms with Gasteiger partial charge in [0.05, 0.1) is 12.1 Å². The molecule has 4 nitrogen and oxygen atoms in total. The van der Waals surface area contributed by atoms with Crippen molar-refractivity contribution in [3.63, 3.8) is 0 Å². The van der Waals surface area contributed by atoms with Crippen LogP contribution in [0, 0.1) is 0 Å². The molecule has 8 heteroatoms. The van der Waals surface area contributed by atoms with Crippen LogP contribution in [0.2, 0.25) is 5.02 Å². The van der Waals surface area contributed by atoms with Crippen LogP contribution in [0.1, 0.15) is 22.3 Å². The minimum atomic E-state index is -4.45. The smallest absolute Gasteiger partial charge is 0.416 e. The Bertz CT molecular complexity index is 782. The number of alkyl halides is 3. The van der Waals surface area contributed by atoms with Crippen molar-refractivity contribution in [3.8, 4) is 5.88 Å². The molecule has 2 heterocycles. The predicted octanol–water partition coefficient (Wildman–Crippen LogP) is 4.05. The van der Waals surface area contributed by atoms with E-state index >= 15 is 0 Å². The van der Waals surface area contributed by atoms with Gasteiger partial charge in [-0.25, -0.2) is 4.98 Å². The van der Waals surface area contributed by atoms with E-state index in [1.54, 1.807) is 29.2 Å². The van der Waals surface area contributed by atoms with Gasteiger partial charge in [0, 0.05) is 35.8 Å². The van der Waals surface area contributed by atoms with E-state index in [1.165, 1.54) is 0 Å². The molecule has 0 bridgehead atoms. The van der Waals surface area contributed by atoms with Crippen LogP contribution in [0.5, 0.6) is 5.88 Å². The number of likely N-dealkylation sites (tertiary alicyclic amines) is 1. The standard InChI is InChI=1S/C17H14ClF3N2O2/c18-13-3-1-2-11(8-13)16(24)23-7-5-14(10-23)25-15-9-12(4-6-22-15)17(19,20)21/h1-4,6,8-9,14H,5,7,10H2/t14-/m1/s1. The van der Waals surface area contributed by atoms with Crippen LogP contribution in [0.3, 0.4) is 0 Å². The van der Waals surface area contributed by atoms with Crippen molar-refractivity contribution in [3.05, 3.63) is 58.7 Å². The molecular weight excluding hydrogens is 357 g/mol. The maximum absolute atomic E-state index is 12.7. The van der Waals surface area contributed by atoms with Crippen molar-refractivity contribution < 1.29 is 22.7 Å². The number of ether oxygens (including phenoxy) is 1. The molecule has 1 atom stereocenters. The van der Waals surface area contributed by atoms with E-state index in [0.29, 0.717) is 23.6 Å². The minimum Gasteiger partial charge on any atom is -0.472 e. The van der Waals surface area contributed by atoms with E-state index in [9.17, 15) is 18.0 Å². The third kappa shape index (κ3) is 4.22.